The molecule has 0 spiro atoms. The normalized spacial score (nSPS) is 15.1. The first kappa shape index (κ1) is 16.8. The van der Waals surface area contributed by atoms with Crippen LogP contribution in [0.15, 0.2) is 18.3 Å². The minimum absolute atomic E-state index is 0.165. The fourth-order valence-corrected chi connectivity index (χ4v) is 2.69. The van der Waals surface area contributed by atoms with Crippen molar-refractivity contribution >= 4 is 17.3 Å². The van der Waals surface area contributed by atoms with Gasteiger partial charge in [0.1, 0.15) is 0 Å². The first-order valence-electron chi connectivity index (χ1n) is 7.15. The number of carbonyl (C=O) groups is 1. The number of nitrogens with two attached hydrogens (primary N) is 2. The second-order valence-electron chi connectivity index (χ2n) is 5.36. The van der Waals surface area contributed by atoms with Gasteiger partial charge >= 0.3 is 0 Å². The van der Waals surface area contributed by atoms with Gasteiger partial charge in [0.25, 0.3) is 0 Å². The molecule has 8 nitrogen and oxygen atoms in total. The summed E-state index contributed by atoms with van der Waals surface area (Å²) < 4.78 is 10.5. The second kappa shape index (κ2) is 7.10. The van der Waals surface area contributed by atoms with Crippen LogP contribution in [0.2, 0.25) is 0 Å². The van der Waals surface area contributed by atoms with E-state index >= 15 is 0 Å². The molecule has 0 saturated carbocycles. The van der Waals surface area contributed by atoms with E-state index in [0.717, 1.165) is 11.3 Å². The molecule has 1 heterocycles. The van der Waals surface area contributed by atoms with Gasteiger partial charge in [-0.25, -0.2) is 5.48 Å². The number of methoxy groups -OCH3 is 2. The van der Waals surface area contributed by atoms with E-state index in [4.69, 9.17) is 26.1 Å². The van der Waals surface area contributed by atoms with Crippen LogP contribution < -0.4 is 26.4 Å². The highest BCUT2D eigenvalue weighted by atomic mass is 16.5. The maximum absolute atomic E-state index is 11.2. The Morgan fingerprint density at radius 1 is 1.39 bits per heavy atom. The number of hydrogen-bond acceptors (Lipinski definition) is 7. The zero-order valence-corrected chi connectivity index (χ0v) is 13.2. The number of hydroxylamine groups is 1. The molecule has 2 rings (SSSR count). The number of rotatable bonds is 6. The zero-order chi connectivity index (χ0) is 17.0. The van der Waals surface area contributed by atoms with Gasteiger partial charge in [0.2, 0.25) is 5.91 Å². The average Bonchev–Trinajstić information content (AvgIpc) is 2.53. The minimum atomic E-state index is -0.390. The van der Waals surface area contributed by atoms with Gasteiger partial charge in [0, 0.05) is 48.9 Å². The number of ether oxygens (including phenoxy) is 2. The highest BCUT2D eigenvalue weighted by molar-refractivity contribution is 5.78. The van der Waals surface area contributed by atoms with Crippen LogP contribution in [0.25, 0.3) is 5.70 Å². The van der Waals surface area contributed by atoms with Crippen molar-refractivity contribution in [3.63, 3.8) is 0 Å². The molecule has 0 bridgehead atoms. The summed E-state index contributed by atoms with van der Waals surface area (Å²) in [6.07, 6.45) is 1.76. The van der Waals surface area contributed by atoms with Gasteiger partial charge in [-0.05, 0) is 6.07 Å². The lowest BCUT2D eigenvalue weighted by atomic mass is 9.93. The summed E-state index contributed by atoms with van der Waals surface area (Å²) in [5, 5.41) is 8.56. The molecule has 6 N–H and O–H groups in total. The van der Waals surface area contributed by atoms with E-state index in [-0.39, 0.29) is 12.3 Å². The summed E-state index contributed by atoms with van der Waals surface area (Å²) in [4.78, 5) is 13.2. The quantitative estimate of drug-likeness (QED) is 0.339. The standard InChI is InChI=1S/C15H22N4O4/c1-22-13-4-10(11(17)5-14(13)23-2)12(6-16)19-7-9(8-19)3-15(20)18-21/h4-6,9,21H,3,7-8,16-17H2,1-2H3,(H,18,20)/b12-6+. The third-order valence-electron chi connectivity index (χ3n) is 3.89. The van der Waals surface area contributed by atoms with Crippen molar-refractivity contribution in [1.29, 1.82) is 0 Å². The van der Waals surface area contributed by atoms with Crippen LogP contribution >= 0.6 is 0 Å². The van der Waals surface area contributed by atoms with Crippen molar-refractivity contribution in [1.82, 2.24) is 10.4 Å². The van der Waals surface area contributed by atoms with Gasteiger partial charge in [0.05, 0.1) is 19.9 Å². The van der Waals surface area contributed by atoms with Crippen LogP contribution in [0.4, 0.5) is 5.69 Å². The molecule has 1 saturated heterocycles. The Bertz CT molecular complexity index is 612. The summed E-state index contributed by atoms with van der Waals surface area (Å²) in [6, 6.07) is 3.47. The monoisotopic (exact) mass is 322 g/mol. The summed E-state index contributed by atoms with van der Waals surface area (Å²) >= 11 is 0. The maximum Gasteiger partial charge on any atom is 0.243 e. The van der Waals surface area contributed by atoms with E-state index in [2.05, 4.69) is 0 Å². The molecule has 126 valence electrons. The highest BCUT2D eigenvalue weighted by Crippen LogP contribution is 2.38. The van der Waals surface area contributed by atoms with Crippen molar-refractivity contribution < 1.29 is 19.5 Å². The van der Waals surface area contributed by atoms with Crippen molar-refractivity contribution in [2.24, 2.45) is 11.7 Å². The van der Waals surface area contributed by atoms with E-state index in [1.165, 1.54) is 6.20 Å². The first-order chi connectivity index (χ1) is 11.0. The molecule has 8 heteroatoms. The lowest BCUT2D eigenvalue weighted by molar-refractivity contribution is -0.131. The number of hydrogen-bond donors (Lipinski definition) is 4. The molecule has 0 unspecified atom stereocenters. The molecule has 0 aliphatic carbocycles. The fraction of sp³-hybridized carbons (Fsp3) is 0.400. The van der Waals surface area contributed by atoms with Gasteiger partial charge in [-0.15, -0.1) is 0 Å². The first-order valence-corrected chi connectivity index (χ1v) is 7.15. The molecule has 1 fully saturated rings. The fourth-order valence-electron chi connectivity index (χ4n) is 2.69. The van der Waals surface area contributed by atoms with E-state index in [0.29, 0.717) is 30.3 Å². The van der Waals surface area contributed by atoms with Gasteiger partial charge in [-0.2, -0.15) is 0 Å². The van der Waals surface area contributed by atoms with E-state index in [1.54, 1.807) is 31.8 Å². The molecule has 23 heavy (non-hydrogen) atoms. The van der Waals surface area contributed by atoms with Crippen LogP contribution in [0.1, 0.15) is 12.0 Å². The van der Waals surface area contributed by atoms with Crippen LogP contribution in [-0.4, -0.2) is 43.3 Å². The maximum atomic E-state index is 11.2. The molecular formula is C15H22N4O4. The SMILES string of the molecule is COc1cc(N)c(/C(=C\N)N2CC(CC(=O)NO)C2)cc1OC. The molecule has 1 aliphatic rings. The molecule has 0 atom stereocenters. The Morgan fingerprint density at radius 2 is 2.00 bits per heavy atom. The summed E-state index contributed by atoms with van der Waals surface area (Å²) in [7, 11) is 3.10. The number of benzene rings is 1. The third kappa shape index (κ3) is 3.42. The minimum Gasteiger partial charge on any atom is -0.493 e. The van der Waals surface area contributed by atoms with Gasteiger partial charge in [0.15, 0.2) is 11.5 Å². The number of anilines is 1. The molecule has 0 aromatic heterocycles. The topological polar surface area (TPSA) is 123 Å². The van der Waals surface area contributed by atoms with Gasteiger partial charge in [-0.3, -0.25) is 10.0 Å². The Labute approximate surface area is 134 Å². The van der Waals surface area contributed by atoms with Crippen molar-refractivity contribution in [3.8, 4) is 11.5 Å². The average molecular weight is 322 g/mol. The molecular weight excluding hydrogens is 300 g/mol. The summed E-state index contributed by atoms with van der Waals surface area (Å²) in [5.41, 5.74) is 15.5. The number of nitrogens with one attached hydrogen (secondary N) is 1. The van der Waals surface area contributed by atoms with Crippen molar-refractivity contribution in [2.45, 2.75) is 6.42 Å². The Morgan fingerprint density at radius 3 is 2.52 bits per heavy atom. The number of nitrogens with zero attached hydrogens (tertiary/aromatic N) is 1. The van der Waals surface area contributed by atoms with Crippen LogP contribution in [-0.2, 0) is 4.79 Å². The Kier molecular flexibility index (Phi) is 5.17. The zero-order valence-electron chi connectivity index (χ0n) is 13.2. The van der Waals surface area contributed by atoms with Crippen LogP contribution in [0, 0.1) is 5.92 Å². The van der Waals surface area contributed by atoms with Gasteiger partial charge in [-0.1, -0.05) is 0 Å². The molecule has 1 amide bonds. The largest absolute Gasteiger partial charge is 0.493 e. The number of likely N-dealkylation sites (tertiary alicyclic amines) is 1. The third-order valence-corrected chi connectivity index (χ3v) is 3.89. The van der Waals surface area contributed by atoms with Crippen LogP contribution in [0.3, 0.4) is 0 Å². The molecule has 1 aromatic carbocycles. The second-order valence-corrected chi connectivity index (χ2v) is 5.36. The van der Waals surface area contributed by atoms with E-state index < -0.39 is 5.91 Å². The van der Waals surface area contributed by atoms with Crippen molar-refractivity contribution in [3.05, 3.63) is 23.9 Å². The number of carbonyl (C=O) groups excluding carboxylic acids is 1. The lowest BCUT2D eigenvalue weighted by Gasteiger charge is -2.42. The number of amides is 1. The number of nitrogen functional groups attached to an aromatic ring is 1. The molecule has 1 aliphatic heterocycles. The molecule has 1 aromatic rings. The lowest BCUT2D eigenvalue weighted by Crippen LogP contribution is -2.47. The smallest absolute Gasteiger partial charge is 0.243 e. The van der Waals surface area contributed by atoms with Gasteiger partial charge < -0.3 is 25.8 Å². The van der Waals surface area contributed by atoms with E-state index in [1.807, 2.05) is 4.90 Å². The summed E-state index contributed by atoms with van der Waals surface area (Å²) in [6.45, 7) is 1.31. The summed E-state index contributed by atoms with van der Waals surface area (Å²) in [5.74, 6) is 0.885. The Hall–Kier alpha value is -2.61. The van der Waals surface area contributed by atoms with Crippen LogP contribution in [0.5, 0.6) is 11.5 Å². The predicted molar refractivity (Wildman–Crippen MR) is 85.7 cm³/mol. The Balaban J connectivity index is 2.16. The predicted octanol–water partition coefficient (Wildman–Crippen LogP) is 0.370. The van der Waals surface area contributed by atoms with Crippen molar-refractivity contribution in [2.75, 3.05) is 33.0 Å². The van der Waals surface area contributed by atoms with E-state index in [9.17, 15) is 4.79 Å². The molecule has 0 radical (unpaired) electrons. The highest BCUT2D eigenvalue weighted by Gasteiger charge is 2.31.